The van der Waals surface area contributed by atoms with Crippen LogP contribution < -0.4 is 0 Å². The molecule has 1 aromatic carbocycles. The molecule has 0 amide bonds. The summed E-state index contributed by atoms with van der Waals surface area (Å²) in [4.78, 5) is 0. The van der Waals surface area contributed by atoms with E-state index in [4.69, 9.17) is 0 Å². The van der Waals surface area contributed by atoms with E-state index in [1.165, 1.54) is 5.56 Å². The maximum absolute atomic E-state index is 3.45. The molecular weight excluding hydrogens is 224 g/mol. The molecule has 1 rings (SSSR count). The van der Waals surface area contributed by atoms with E-state index in [-0.39, 0.29) is 0 Å². The monoisotopic (exact) mass is 240 g/mol. The van der Waals surface area contributed by atoms with Crippen LogP contribution in [-0.4, -0.2) is 0 Å². The first-order valence-corrected chi connectivity index (χ1v) is 5.46. The van der Waals surface area contributed by atoms with Crippen LogP contribution in [0.5, 0.6) is 0 Å². The van der Waals surface area contributed by atoms with Crippen molar-refractivity contribution in [2.45, 2.75) is 33.6 Å². The fourth-order valence-corrected chi connectivity index (χ4v) is 1.52. The van der Waals surface area contributed by atoms with E-state index in [9.17, 15) is 0 Å². The van der Waals surface area contributed by atoms with Crippen LogP contribution >= 0.6 is 15.9 Å². The van der Waals surface area contributed by atoms with Crippen molar-refractivity contribution >= 4 is 15.9 Å². The predicted molar refractivity (Wildman–Crippen MR) is 62.0 cm³/mol. The fourth-order valence-electron chi connectivity index (χ4n) is 1.25. The van der Waals surface area contributed by atoms with E-state index < -0.39 is 0 Å². The van der Waals surface area contributed by atoms with Gasteiger partial charge in [-0.05, 0) is 29.0 Å². The zero-order valence-electron chi connectivity index (χ0n) is 8.76. The summed E-state index contributed by atoms with van der Waals surface area (Å²) >= 11 is 3.45. The summed E-state index contributed by atoms with van der Waals surface area (Å²) in [6.45, 7) is 9.11. The normalized spacial score (nSPS) is 14.2. The summed E-state index contributed by atoms with van der Waals surface area (Å²) in [5, 5.41) is 0. The smallest absolute Gasteiger partial charge is 0.0175 e. The second-order valence-electron chi connectivity index (χ2n) is 4.64. The van der Waals surface area contributed by atoms with Gasteiger partial charge in [-0.15, -0.1) is 0 Å². The minimum absolute atomic E-state index is 0.341. The second-order valence-corrected chi connectivity index (χ2v) is 5.55. The highest BCUT2D eigenvalue weighted by Gasteiger charge is 2.21. The Kier molecular flexibility index (Phi) is 3.18. The van der Waals surface area contributed by atoms with Gasteiger partial charge in [0.15, 0.2) is 0 Å². The Morgan fingerprint density at radius 1 is 1.08 bits per heavy atom. The molecule has 0 saturated heterocycles. The van der Waals surface area contributed by atoms with Gasteiger partial charge in [0.2, 0.25) is 0 Å². The third-order valence-corrected chi connectivity index (χ3v) is 3.20. The molecule has 1 aromatic rings. The van der Waals surface area contributed by atoms with Crippen LogP contribution in [0.2, 0.25) is 0 Å². The van der Waals surface area contributed by atoms with Crippen LogP contribution in [0.4, 0.5) is 0 Å². The van der Waals surface area contributed by atoms with Gasteiger partial charge in [-0.1, -0.05) is 55.8 Å². The highest BCUT2D eigenvalue weighted by atomic mass is 79.9. The molecule has 1 atom stereocenters. The van der Waals surface area contributed by atoms with Crippen molar-refractivity contribution in [2.24, 2.45) is 5.41 Å². The van der Waals surface area contributed by atoms with Crippen LogP contribution in [0.3, 0.4) is 0 Å². The van der Waals surface area contributed by atoms with Crippen molar-refractivity contribution in [2.75, 3.05) is 0 Å². The largest absolute Gasteiger partial charge is 0.0596 e. The van der Waals surface area contributed by atoms with Gasteiger partial charge in [-0.25, -0.2) is 0 Å². The van der Waals surface area contributed by atoms with Crippen LogP contribution in [0.25, 0.3) is 0 Å². The van der Waals surface area contributed by atoms with Gasteiger partial charge >= 0.3 is 0 Å². The van der Waals surface area contributed by atoms with E-state index >= 15 is 0 Å². The van der Waals surface area contributed by atoms with Gasteiger partial charge in [0, 0.05) is 4.47 Å². The van der Waals surface area contributed by atoms with Gasteiger partial charge in [-0.3, -0.25) is 0 Å². The van der Waals surface area contributed by atoms with Crippen LogP contribution in [0.1, 0.15) is 39.2 Å². The quantitative estimate of drug-likeness (QED) is 0.674. The summed E-state index contributed by atoms with van der Waals surface area (Å²) in [5.41, 5.74) is 1.75. The lowest BCUT2D eigenvalue weighted by atomic mass is 9.78. The Labute approximate surface area is 89.5 Å². The van der Waals surface area contributed by atoms with E-state index in [1.807, 2.05) is 0 Å². The molecule has 0 nitrogen and oxygen atoms in total. The van der Waals surface area contributed by atoms with Crippen LogP contribution in [0, 0.1) is 5.41 Å². The molecule has 0 aliphatic carbocycles. The molecule has 72 valence electrons. The van der Waals surface area contributed by atoms with Crippen molar-refractivity contribution in [1.82, 2.24) is 0 Å². The molecule has 13 heavy (non-hydrogen) atoms. The predicted octanol–water partition coefficient (Wildman–Crippen LogP) is 4.60. The van der Waals surface area contributed by atoms with Crippen molar-refractivity contribution in [3.8, 4) is 0 Å². The maximum atomic E-state index is 3.45. The Morgan fingerprint density at radius 2 is 1.54 bits per heavy atom. The highest BCUT2D eigenvalue weighted by molar-refractivity contribution is 9.10. The van der Waals surface area contributed by atoms with Crippen molar-refractivity contribution in [1.29, 1.82) is 0 Å². The number of hydrogen-bond donors (Lipinski definition) is 0. The number of halogens is 1. The van der Waals surface area contributed by atoms with Crippen LogP contribution in [-0.2, 0) is 0 Å². The third-order valence-electron chi connectivity index (χ3n) is 2.67. The van der Waals surface area contributed by atoms with E-state index in [2.05, 4.69) is 67.9 Å². The average Bonchev–Trinajstić information content (AvgIpc) is 2.03. The minimum atomic E-state index is 0.341. The first-order chi connectivity index (χ1) is 5.91. The highest BCUT2D eigenvalue weighted by Crippen LogP contribution is 2.34. The van der Waals surface area contributed by atoms with Gasteiger partial charge in [-0.2, -0.15) is 0 Å². The second kappa shape index (κ2) is 3.83. The molecule has 0 heterocycles. The molecule has 0 N–H and O–H groups in total. The number of benzene rings is 1. The standard InChI is InChI=1S/C12H17Br/c1-9(12(2,3)4)10-5-7-11(13)8-6-10/h5-9H,1-4H3/t9-/m1/s1. The Hall–Kier alpha value is -0.300. The van der Waals surface area contributed by atoms with Gasteiger partial charge in [0.1, 0.15) is 0 Å². The molecular formula is C12H17Br. The SMILES string of the molecule is C[C@H](c1ccc(Br)cc1)C(C)(C)C. The summed E-state index contributed by atoms with van der Waals surface area (Å²) in [6, 6.07) is 8.61. The number of hydrogen-bond acceptors (Lipinski definition) is 0. The minimum Gasteiger partial charge on any atom is -0.0596 e. The van der Waals surface area contributed by atoms with Gasteiger partial charge < -0.3 is 0 Å². The molecule has 0 aliphatic heterocycles. The topological polar surface area (TPSA) is 0 Å². The Balaban J connectivity index is 2.90. The van der Waals surface area contributed by atoms with Gasteiger partial charge in [0.05, 0.1) is 0 Å². The molecule has 0 spiro atoms. The summed E-state index contributed by atoms with van der Waals surface area (Å²) in [7, 11) is 0. The Morgan fingerprint density at radius 3 is 1.92 bits per heavy atom. The van der Waals surface area contributed by atoms with Crippen LogP contribution in [0.15, 0.2) is 28.7 Å². The molecule has 0 saturated carbocycles. The summed E-state index contributed by atoms with van der Waals surface area (Å²) in [6.07, 6.45) is 0. The van der Waals surface area contributed by atoms with Crippen molar-refractivity contribution < 1.29 is 0 Å². The van der Waals surface area contributed by atoms with E-state index in [0.29, 0.717) is 11.3 Å². The summed E-state index contributed by atoms with van der Waals surface area (Å²) in [5.74, 6) is 0.598. The summed E-state index contributed by atoms with van der Waals surface area (Å²) < 4.78 is 1.15. The van der Waals surface area contributed by atoms with Crippen molar-refractivity contribution in [3.63, 3.8) is 0 Å². The third kappa shape index (κ3) is 2.84. The fraction of sp³-hybridized carbons (Fsp3) is 0.500. The molecule has 0 unspecified atom stereocenters. The first kappa shape index (κ1) is 10.8. The lowest BCUT2D eigenvalue weighted by molar-refractivity contribution is 0.339. The maximum Gasteiger partial charge on any atom is 0.0175 e. The average molecular weight is 241 g/mol. The molecule has 0 fully saturated rings. The molecule has 1 heteroatoms. The lowest BCUT2D eigenvalue weighted by Gasteiger charge is -2.27. The molecule has 0 bridgehead atoms. The zero-order valence-corrected chi connectivity index (χ0v) is 10.4. The number of rotatable bonds is 1. The zero-order chi connectivity index (χ0) is 10.1. The lowest BCUT2D eigenvalue weighted by Crippen LogP contribution is -2.14. The Bertz CT molecular complexity index is 266. The van der Waals surface area contributed by atoms with Gasteiger partial charge in [0.25, 0.3) is 0 Å². The molecule has 0 aliphatic rings. The first-order valence-electron chi connectivity index (χ1n) is 4.67. The molecule has 0 radical (unpaired) electrons. The van der Waals surface area contributed by atoms with E-state index in [0.717, 1.165) is 4.47 Å². The van der Waals surface area contributed by atoms with Crippen molar-refractivity contribution in [3.05, 3.63) is 34.3 Å². The molecule has 0 aromatic heterocycles. The van der Waals surface area contributed by atoms with E-state index in [1.54, 1.807) is 0 Å².